The number of rotatable bonds is 3. The van der Waals surface area contributed by atoms with Crippen LogP contribution in [0.4, 0.5) is 17.1 Å². The molecule has 0 radical (unpaired) electrons. The minimum absolute atomic E-state index is 0.191. The second-order valence-corrected chi connectivity index (χ2v) is 15.6. The molecule has 1 heterocycles. The smallest absolute Gasteiger partial charge is 0.0540 e. The predicted octanol–water partition coefficient (Wildman–Crippen LogP) is 12.4. The molecule has 7 aromatic rings. The van der Waals surface area contributed by atoms with Gasteiger partial charge in [-0.25, -0.2) is 0 Å². The molecule has 5 aliphatic carbocycles. The average molecular weight is 610 g/mol. The van der Waals surface area contributed by atoms with Crippen molar-refractivity contribution >= 4 is 59.3 Å². The molecule has 0 saturated heterocycles. The van der Waals surface area contributed by atoms with Crippen molar-refractivity contribution in [3.63, 3.8) is 0 Å². The summed E-state index contributed by atoms with van der Waals surface area (Å²) in [5.74, 6) is 3.46. The maximum atomic E-state index is 2.56. The van der Waals surface area contributed by atoms with Gasteiger partial charge in [0, 0.05) is 42.3 Å². The SMILES string of the molecule is c1ccc2c(c1)-c1cc(N(c3ccc4sc5ccccc5c4c3)c3cccc4ccccc34)ccc1C21C2CC3CC(C2)CC1C3. The standard InChI is InChI=1S/C44H35NS/c1-2-10-34-29(8-1)9-7-14-41(34)45(33-17-19-43-38(26-33)36-12-4-6-15-42(36)46-43)32-16-18-40-37(25-32)35-11-3-5-13-39(35)44(40)30-21-27-20-28(23-30)24-31(44)22-27/h1-19,25-28,30-31H,20-24H2. The summed E-state index contributed by atoms with van der Waals surface area (Å²) in [7, 11) is 0. The Labute approximate surface area is 274 Å². The summed E-state index contributed by atoms with van der Waals surface area (Å²) in [6.45, 7) is 0. The van der Waals surface area contributed by atoms with Gasteiger partial charge in [-0.15, -0.1) is 11.3 Å². The van der Waals surface area contributed by atoms with Gasteiger partial charge in [0.25, 0.3) is 0 Å². The van der Waals surface area contributed by atoms with E-state index in [0.29, 0.717) is 0 Å². The monoisotopic (exact) mass is 609 g/mol. The summed E-state index contributed by atoms with van der Waals surface area (Å²) in [6.07, 6.45) is 7.15. The molecule has 6 aromatic carbocycles. The molecule has 4 fully saturated rings. The lowest BCUT2D eigenvalue weighted by Crippen LogP contribution is -2.55. The zero-order valence-corrected chi connectivity index (χ0v) is 26.6. The topological polar surface area (TPSA) is 3.24 Å². The number of hydrogen-bond donors (Lipinski definition) is 0. The number of benzene rings is 6. The molecule has 12 rings (SSSR count). The molecule has 0 N–H and O–H groups in total. The minimum atomic E-state index is 0.191. The zero-order valence-electron chi connectivity index (χ0n) is 25.8. The van der Waals surface area contributed by atoms with Crippen LogP contribution in [-0.2, 0) is 5.41 Å². The van der Waals surface area contributed by atoms with E-state index < -0.39 is 0 Å². The first kappa shape index (κ1) is 25.8. The largest absolute Gasteiger partial charge is 0.310 e. The number of hydrogen-bond acceptors (Lipinski definition) is 2. The van der Waals surface area contributed by atoms with Gasteiger partial charge < -0.3 is 4.90 Å². The van der Waals surface area contributed by atoms with Gasteiger partial charge in [0.05, 0.1) is 5.69 Å². The van der Waals surface area contributed by atoms with Crippen LogP contribution in [0, 0.1) is 23.7 Å². The predicted molar refractivity (Wildman–Crippen MR) is 195 cm³/mol. The molecule has 0 atom stereocenters. The van der Waals surface area contributed by atoms with Gasteiger partial charge in [0.15, 0.2) is 0 Å². The highest BCUT2D eigenvalue weighted by molar-refractivity contribution is 7.25. The lowest BCUT2D eigenvalue weighted by atomic mass is 9.43. The first-order valence-corrected chi connectivity index (χ1v) is 18.0. The van der Waals surface area contributed by atoms with Gasteiger partial charge in [0.1, 0.15) is 0 Å². The van der Waals surface area contributed by atoms with Gasteiger partial charge in [-0.2, -0.15) is 0 Å². The van der Waals surface area contributed by atoms with Crippen molar-refractivity contribution in [3.8, 4) is 11.1 Å². The highest BCUT2D eigenvalue weighted by Gasteiger charge is 2.61. The third kappa shape index (κ3) is 3.36. The summed E-state index contributed by atoms with van der Waals surface area (Å²) in [5.41, 5.74) is 10.1. The summed E-state index contributed by atoms with van der Waals surface area (Å²) < 4.78 is 2.69. The highest BCUT2D eigenvalue weighted by Crippen LogP contribution is 2.69. The Morgan fingerprint density at radius 1 is 0.500 bits per heavy atom. The van der Waals surface area contributed by atoms with Crippen LogP contribution < -0.4 is 4.90 Å². The van der Waals surface area contributed by atoms with Crippen LogP contribution in [0.25, 0.3) is 42.1 Å². The van der Waals surface area contributed by atoms with Crippen LogP contribution in [0.5, 0.6) is 0 Å². The molecule has 0 aliphatic heterocycles. The summed E-state index contributed by atoms with van der Waals surface area (Å²) >= 11 is 1.89. The first-order valence-electron chi connectivity index (χ1n) is 17.2. The molecular formula is C44H35NS. The van der Waals surface area contributed by atoms with E-state index in [0.717, 1.165) is 23.7 Å². The molecule has 1 nitrogen and oxygen atoms in total. The molecule has 4 saturated carbocycles. The van der Waals surface area contributed by atoms with E-state index in [2.05, 4.69) is 132 Å². The number of thiophene rings is 1. The number of fused-ring (bicyclic) bond motifs is 7. The van der Waals surface area contributed by atoms with Crippen LogP contribution in [-0.4, -0.2) is 0 Å². The van der Waals surface area contributed by atoms with Crippen LogP contribution in [0.3, 0.4) is 0 Å². The van der Waals surface area contributed by atoms with E-state index >= 15 is 0 Å². The first-order chi connectivity index (χ1) is 22.8. The molecular weight excluding hydrogens is 575 g/mol. The van der Waals surface area contributed by atoms with Gasteiger partial charge in [0.2, 0.25) is 0 Å². The normalized spacial score (nSPS) is 25.5. The van der Waals surface area contributed by atoms with Crippen molar-refractivity contribution in [1.29, 1.82) is 0 Å². The van der Waals surface area contributed by atoms with Crippen molar-refractivity contribution in [3.05, 3.63) is 139 Å². The zero-order chi connectivity index (χ0) is 30.0. The van der Waals surface area contributed by atoms with Crippen molar-refractivity contribution in [1.82, 2.24) is 0 Å². The minimum Gasteiger partial charge on any atom is -0.310 e. The lowest BCUT2D eigenvalue weighted by Gasteiger charge is -2.61. The van der Waals surface area contributed by atoms with Gasteiger partial charge >= 0.3 is 0 Å². The molecule has 2 heteroatoms. The van der Waals surface area contributed by atoms with E-state index in [1.54, 1.807) is 11.1 Å². The second-order valence-electron chi connectivity index (χ2n) is 14.6. The fourth-order valence-corrected chi connectivity index (χ4v) is 12.1. The summed E-state index contributed by atoms with van der Waals surface area (Å²) in [4.78, 5) is 2.53. The molecule has 0 amide bonds. The van der Waals surface area contributed by atoms with Crippen LogP contribution in [0.15, 0.2) is 127 Å². The quantitative estimate of drug-likeness (QED) is 0.193. The van der Waals surface area contributed by atoms with E-state index in [1.807, 2.05) is 11.3 Å². The fraction of sp³-hybridized carbons (Fsp3) is 0.227. The maximum Gasteiger partial charge on any atom is 0.0540 e. The Balaban J connectivity index is 1.16. The van der Waals surface area contributed by atoms with E-state index in [1.165, 1.54) is 91.2 Å². The number of anilines is 3. The maximum absolute atomic E-state index is 2.56. The van der Waals surface area contributed by atoms with Gasteiger partial charge in [-0.1, -0.05) is 84.9 Å². The number of nitrogens with zero attached hydrogens (tertiary/aromatic N) is 1. The fourth-order valence-electron chi connectivity index (χ4n) is 11.0. The van der Waals surface area contributed by atoms with E-state index in [4.69, 9.17) is 0 Å². The van der Waals surface area contributed by atoms with E-state index in [-0.39, 0.29) is 5.41 Å². The van der Waals surface area contributed by atoms with Gasteiger partial charge in [-0.05, 0) is 126 Å². The van der Waals surface area contributed by atoms with Gasteiger partial charge in [-0.3, -0.25) is 0 Å². The van der Waals surface area contributed by atoms with Crippen LogP contribution >= 0.6 is 11.3 Å². The van der Waals surface area contributed by atoms with Crippen molar-refractivity contribution in [2.24, 2.45) is 23.7 Å². The Morgan fingerprint density at radius 2 is 1.15 bits per heavy atom. The second kappa shape index (κ2) is 9.33. The highest BCUT2D eigenvalue weighted by atomic mass is 32.1. The summed E-state index contributed by atoms with van der Waals surface area (Å²) in [5, 5.41) is 5.22. The van der Waals surface area contributed by atoms with E-state index in [9.17, 15) is 0 Å². The molecule has 222 valence electrons. The van der Waals surface area contributed by atoms with Crippen molar-refractivity contribution < 1.29 is 0 Å². The molecule has 4 bridgehead atoms. The van der Waals surface area contributed by atoms with Crippen LogP contribution in [0.1, 0.15) is 43.2 Å². The molecule has 0 unspecified atom stereocenters. The Kier molecular flexibility index (Phi) is 5.22. The lowest BCUT2D eigenvalue weighted by molar-refractivity contribution is -0.0399. The van der Waals surface area contributed by atoms with Crippen LogP contribution in [0.2, 0.25) is 0 Å². The average Bonchev–Trinajstić information content (AvgIpc) is 3.61. The third-order valence-corrected chi connectivity index (χ3v) is 13.6. The third-order valence-electron chi connectivity index (χ3n) is 12.4. The Hall–Kier alpha value is -4.40. The molecule has 1 aromatic heterocycles. The van der Waals surface area contributed by atoms with Crippen molar-refractivity contribution in [2.45, 2.75) is 37.5 Å². The Bertz CT molecular complexity index is 2330. The Morgan fingerprint density at radius 3 is 2.02 bits per heavy atom. The molecule has 5 aliphatic rings. The van der Waals surface area contributed by atoms with Crippen molar-refractivity contribution in [2.75, 3.05) is 4.90 Å². The molecule has 1 spiro atoms. The molecule has 46 heavy (non-hydrogen) atoms. The summed E-state index contributed by atoms with van der Waals surface area (Å²) in [6, 6.07) is 48.6.